The van der Waals surface area contributed by atoms with Crippen LogP contribution in [-0.2, 0) is 0 Å². The Morgan fingerprint density at radius 2 is 2.00 bits per heavy atom. The molecule has 0 bridgehead atoms. The van der Waals surface area contributed by atoms with Gasteiger partial charge in [-0.05, 0) is 0 Å². The van der Waals surface area contributed by atoms with Crippen LogP contribution in [0.25, 0.3) is 11.4 Å². The second kappa shape index (κ2) is 3.75. The normalized spacial score (nSPS) is 18.1. The first kappa shape index (κ1) is 9.06. The van der Waals surface area contributed by atoms with E-state index in [4.69, 9.17) is 0 Å². The molecule has 2 N–H and O–H groups in total. The van der Waals surface area contributed by atoms with Crippen LogP contribution in [-0.4, -0.2) is 16.2 Å². The maximum atomic E-state index is 4.35. The lowest BCUT2D eigenvalue weighted by Crippen LogP contribution is -2.96. The Hall–Kier alpha value is -2.20. The van der Waals surface area contributed by atoms with E-state index in [2.05, 4.69) is 15.1 Å². The quantitative estimate of drug-likeness (QED) is 0.767. The van der Waals surface area contributed by atoms with Gasteiger partial charge in [-0.1, -0.05) is 35.4 Å². The SMILES string of the molecule is C1=C[NH+](c2cnc(-c3ccccc3)[nH]2)N=C1. The molecular formula is C12H11N4+. The van der Waals surface area contributed by atoms with Crippen molar-refractivity contribution in [2.75, 3.05) is 0 Å². The first-order chi connectivity index (χ1) is 7.93. The van der Waals surface area contributed by atoms with E-state index < -0.39 is 0 Å². The first-order valence-corrected chi connectivity index (χ1v) is 5.12. The van der Waals surface area contributed by atoms with Crippen molar-refractivity contribution in [3.8, 4) is 11.4 Å². The van der Waals surface area contributed by atoms with Crippen LogP contribution in [0.3, 0.4) is 0 Å². The van der Waals surface area contributed by atoms with E-state index in [1.807, 2.05) is 48.8 Å². The standard InChI is InChI=1S/C12H10N4/c1-2-5-10(6-3-1)12-13-9-11(15-12)16-8-4-7-14-16/h1-9H,(H,13,15)/p+1. The molecule has 2 aromatic rings. The summed E-state index contributed by atoms with van der Waals surface area (Å²) in [5, 5.41) is 5.15. The Morgan fingerprint density at radius 3 is 2.75 bits per heavy atom. The molecule has 3 rings (SSSR count). The van der Waals surface area contributed by atoms with Gasteiger partial charge in [0.1, 0.15) is 18.2 Å². The van der Waals surface area contributed by atoms with Crippen molar-refractivity contribution in [2.45, 2.75) is 0 Å². The minimum atomic E-state index is 0.874. The molecule has 1 aliphatic heterocycles. The number of aromatic nitrogens is 2. The van der Waals surface area contributed by atoms with Gasteiger partial charge in [0.2, 0.25) is 0 Å². The van der Waals surface area contributed by atoms with Gasteiger partial charge in [0.25, 0.3) is 5.82 Å². The predicted octanol–water partition coefficient (Wildman–Crippen LogP) is 1.11. The summed E-state index contributed by atoms with van der Waals surface area (Å²) in [7, 11) is 0. The van der Waals surface area contributed by atoms with Gasteiger partial charge in [0.15, 0.2) is 0 Å². The van der Waals surface area contributed by atoms with Crippen LogP contribution in [0.5, 0.6) is 0 Å². The maximum Gasteiger partial charge on any atom is 0.255 e. The molecule has 0 aliphatic carbocycles. The van der Waals surface area contributed by atoms with Crippen LogP contribution in [0.15, 0.2) is 53.9 Å². The Morgan fingerprint density at radius 1 is 1.12 bits per heavy atom. The van der Waals surface area contributed by atoms with Crippen LogP contribution in [0.1, 0.15) is 0 Å². The highest BCUT2D eigenvalue weighted by atomic mass is 15.5. The fourth-order valence-corrected chi connectivity index (χ4v) is 1.65. The number of rotatable bonds is 2. The highest BCUT2D eigenvalue weighted by molar-refractivity contribution is 5.71. The van der Waals surface area contributed by atoms with Crippen molar-refractivity contribution in [2.24, 2.45) is 5.10 Å². The highest BCUT2D eigenvalue weighted by Gasteiger charge is 2.14. The Balaban J connectivity index is 1.94. The minimum absolute atomic E-state index is 0.874. The van der Waals surface area contributed by atoms with Crippen LogP contribution < -0.4 is 5.01 Å². The summed E-state index contributed by atoms with van der Waals surface area (Å²) in [5.74, 6) is 1.82. The molecule has 0 fully saturated rings. The lowest BCUT2D eigenvalue weighted by atomic mass is 10.2. The monoisotopic (exact) mass is 211 g/mol. The molecule has 16 heavy (non-hydrogen) atoms. The van der Waals surface area contributed by atoms with E-state index in [0.717, 1.165) is 22.2 Å². The zero-order valence-corrected chi connectivity index (χ0v) is 8.59. The van der Waals surface area contributed by atoms with E-state index in [9.17, 15) is 0 Å². The van der Waals surface area contributed by atoms with Gasteiger partial charge >= 0.3 is 0 Å². The van der Waals surface area contributed by atoms with Crippen molar-refractivity contribution in [1.82, 2.24) is 9.97 Å². The van der Waals surface area contributed by atoms with E-state index in [1.54, 1.807) is 6.21 Å². The summed E-state index contributed by atoms with van der Waals surface area (Å²) in [6.07, 6.45) is 7.46. The Bertz CT molecular complexity index is 527. The molecule has 1 aliphatic rings. The smallest absolute Gasteiger partial charge is 0.255 e. The zero-order valence-electron chi connectivity index (χ0n) is 8.59. The van der Waals surface area contributed by atoms with Crippen LogP contribution in [0.4, 0.5) is 5.82 Å². The van der Waals surface area contributed by atoms with Gasteiger partial charge in [0, 0.05) is 11.6 Å². The number of hydrogen-bond acceptors (Lipinski definition) is 2. The summed E-state index contributed by atoms with van der Waals surface area (Å²) >= 11 is 0. The van der Waals surface area contributed by atoms with E-state index in [0.29, 0.717) is 0 Å². The van der Waals surface area contributed by atoms with E-state index >= 15 is 0 Å². The summed E-state index contributed by atoms with van der Waals surface area (Å²) in [4.78, 5) is 7.61. The third-order valence-electron chi connectivity index (χ3n) is 2.45. The van der Waals surface area contributed by atoms with Gasteiger partial charge in [-0.3, -0.25) is 4.98 Å². The fourth-order valence-electron chi connectivity index (χ4n) is 1.65. The molecule has 0 saturated carbocycles. The fraction of sp³-hybridized carbons (Fsp3) is 0. The summed E-state index contributed by atoms with van der Waals surface area (Å²) < 4.78 is 0. The molecular weight excluding hydrogens is 200 g/mol. The molecule has 4 nitrogen and oxygen atoms in total. The molecule has 1 aromatic heterocycles. The molecule has 1 atom stereocenters. The number of nitrogens with one attached hydrogen (secondary N) is 2. The maximum absolute atomic E-state index is 4.35. The van der Waals surface area contributed by atoms with Crippen LogP contribution >= 0.6 is 0 Å². The minimum Gasteiger partial charge on any atom is -0.291 e. The number of H-pyrrole nitrogens is 1. The number of nitrogens with zero attached hydrogens (tertiary/aromatic N) is 2. The third kappa shape index (κ3) is 1.55. The number of imidazole rings is 1. The molecule has 4 heteroatoms. The second-order valence-electron chi connectivity index (χ2n) is 3.53. The number of aromatic amines is 1. The Labute approximate surface area is 92.9 Å². The molecule has 0 amide bonds. The highest BCUT2D eigenvalue weighted by Crippen LogP contribution is 2.15. The number of quaternary nitrogens is 1. The summed E-state index contributed by atoms with van der Waals surface area (Å²) in [6, 6.07) is 10.0. The second-order valence-corrected chi connectivity index (χ2v) is 3.53. The van der Waals surface area contributed by atoms with Crippen molar-refractivity contribution in [1.29, 1.82) is 0 Å². The lowest BCUT2D eigenvalue weighted by Gasteiger charge is -1.98. The number of benzene rings is 1. The van der Waals surface area contributed by atoms with E-state index in [-0.39, 0.29) is 0 Å². The molecule has 1 aromatic carbocycles. The summed E-state index contributed by atoms with van der Waals surface area (Å²) in [6.45, 7) is 0. The topological polar surface area (TPSA) is 45.5 Å². The number of hydrogen-bond donors (Lipinski definition) is 2. The van der Waals surface area contributed by atoms with Crippen molar-refractivity contribution >= 4 is 12.0 Å². The van der Waals surface area contributed by atoms with Crippen LogP contribution in [0.2, 0.25) is 0 Å². The van der Waals surface area contributed by atoms with Gasteiger partial charge < -0.3 is 0 Å². The van der Waals surface area contributed by atoms with E-state index in [1.165, 1.54) is 0 Å². The van der Waals surface area contributed by atoms with Crippen LogP contribution in [0, 0.1) is 0 Å². The van der Waals surface area contributed by atoms with Gasteiger partial charge in [0.05, 0.1) is 6.21 Å². The molecule has 0 radical (unpaired) electrons. The van der Waals surface area contributed by atoms with Crippen molar-refractivity contribution in [3.63, 3.8) is 0 Å². The molecule has 0 saturated heterocycles. The van der Waals surface area contributed by atoms with Gasteiger partial charge in [-0.25, -0.2) is 4.98 Å². The molecule has 78 valence electrons. The van der Waals surface area contributed by atoms with Crippen molar-refractivity contribution < 1.29 is 5.01 Å². The Kier molecular flexibility index (Phi) is 2.12. The third-order valence-corrected chi connectivity index (χ3v) is 2.45. The zero-order chi connectivity index (χ0) is 10.8. The van der Waals surface area contributed by atoms with Crippen molar-refractivity contribution in [3.05, 3.63) is 48.8 Å². The first-order valence-electron chi connectivity index (χ1n) is 5.12. The molecule has 2 heterocycles. The number of allylic oxidation sites excluding steroid dienone is 1. The predicted molar refractivity (Wildman–Crippen MR) is 62.3 cm³/mol. The molecule has 0 spiro atoms. The average Bonchev–Trinajstić information content (AvgIpc) is 3.01. The summed E-state index contributed by atoms with van der Waals surface area (Å²) in [5.41, 5.74) is 1.08. The lowest BCUT2D eigenvalue weighted by molar-refractivity contribution is -0.781. The van der Waals surface area contributed by atoms with Gasteiger partial charge in [-0.2, -0.15) is 0 Å². The van der Waals surface area contributed by atoms with Gasteiger partial charge in [-0.15, -0.1) is 5.01 Å². The average molecular weight is 211 g/mol. The molecule has 1 unspecified atom stereocenters. The largest absolute Gasteiger partial charge is 0.291 e.